The molecule has 1 aliphatic heterocycles. The first-order valence-corrected chi connectivity index (χ1v) is 9.81. The van der Waals surface area contributed by atoms with Gasteiger partial charge in [-0.05, 0) is 59.5 Å². The Kier molecular flexibility index (Phi) is 4.89. The molecular weight excluding hydrogens is 387 g/mol. The number of amides is 1. The Labute approximate surface area is 164 Å². The lowest BCUT2D eigenvalue weighted by molar-refractivity contribution is -0.138. The molecule has 1 amide bonds. The van der Waals surface area contributed by atoms with Crippen molar-refractivity contribution in [2.24, 2.45) is 0 Å². The lowest BCUT2D eigenvalue weighted by Crippen LogP contribution is -2.45. The molecule has 0 saturated carbocycles. The fraction of sp³-hybridized carbons (Fsp3) is 0.286. The Balaban J connectivity index is 1.69. The van der Waals surface area contributed by atoms with Crippen LogP contribution in [0.3, 0.4) is 0 Å². The van der Waals surface area contributed by atoms with E-state index in [1.807, 2.05) is 29.6 Å². The van der Waals surface area contributed by atoms with Gasteiger partial charge < -0.3 is 10.1 Å². The van der Waals surface area contributed by atoms with Gasteiger partial charge in [-0.3, -0.25) is 4.79 Å². The Hall–Kier alpha value is -2.38. The molecule has 1 N–H and O–H groups in total. The molecule has 3 aromatic rings. The zero-order chi connectivity index (χ0) is 19.8. The van der Waals surface area contributed by atoms with Crippen LogP contribution in [0, 0.1) is 0 Å². The van der Waals surface area contributed by atoms with E-state index in [-0.39, 0.29) is 5.91 Å². The predicted octanol–water partition coefficient (Wildman–Crippen LogP) is 5.61. The van der Waals surface area contributed by atoms with Crippen molar-refractivity contribution in [3.63, 3.8) is 0 Å². The molecule has 0 spiro atoms. The molecule has 1 fully saturated rings. The number of benzene rings is 2. The summed E-state index contributed by atoms with van der Waals surface area (Å²) in [4.78, 5) is 13.3. The maximum atomic E-state index is 13.3. The molecule has 1 saturated heterocycles. The lowest BCUT2D eigenvalue weighted by Gasteiger charge is -2.36. The number of ether oxygens (including phenoxy) is 1. The monoisotopic (exact) mass is 405 g/mol. The first kappa shape index (κ1) is 19.0. The Morgan fingerprint density at radius 3 is 2.61 bits per heavy atom. The van der Waals surface area contributed by atoms with Crippen molar-refractivity contribution in [1.29, 1.82) is 0 Å². The summed E-state index contributed by atoms with van der Waals surface area (Å²) < 4.78 is 46.1. The first-order valence-electron chi connectivity index (χ1n) is 8.93. The highest BCUT2D eigenvalue weighted by atomic mass is 32.1. The fourth-order valence-electron chi connectivity index (χ4n) is 3.66. The first-order chi connectivity index (χ1) is 13.4. The summed E-state index contributed by atoms with van der Waals surface area (Å²) in [6, 6.07) is 12.7. The van der Waals surface area contributed by atoms with Gasteiger partial charge in [0.2, 0.25) is 5.91 Å². The van der Waals surface area contributed by atoms with Gasteiger partial charge in [0.15, 0.2) is 0 Å². The van der Waals surface area contributed by atoms with E-state index >= 15 is 0 Å². The van der Waals surface area contributed by atoms with Crippen molar-refractivity contribution < 1.29 is 22.7 Å². The number of hydrogen-bond acceptors (Lipinski definition) is 3. The van der Waals surface area contributed by atoms with E-state index in [0.717, 1.165) is 22.2 Å². The van der Waals surface area contributed by atoms with Crippen LogP contribution >= 0.6 is 11.3 Å². The number of hydrogen-bond donors (Lipinski definition) is 1. The summed E-state index contributed by atoms with van der Waals surface area (Å²) >= 11 is 1.61. The van der Waals surface area contributed by atoms with E-state index in [9.17, 15) is 18.0 Å². The van der Waals surface area contributed by atoms with E-state index in [4.69, 9.17) is 4.74 Å². The van der Waals surface area contributed by atoms with E-state index in [0.29, 0.717) is 37.3 Å². The van der Waals surface area contributed by atoms with Crippen LogP contribution in [0.4, 0.5) is 18.9 Å². The van der Waals surface area contributed by atoms with Crippen LogP contribution in [0.25, 0.3) is 10.1 Å². The minimum atomic E-state index is -4.46. The normalized spacial score (nSPS) is 16.8. The molecule has 2 aromatic carbocycles. The molecule has 1 aliphatic rings. The maximum Gasteiger partial charge on any atom is 0.416 e. The largest absolute Gasteiger partial charge is 0.416 e. The van der Waals surface area contributed by atoms with Crippen LogP contribution in [-0.4, -0.2) is 19.1 Å². The third-order valence-electron chi connectivity index (χ3n) is 5.23. The van der Waals surface area contributed by atoms with Crippen LogP contribution in [0.1, 0.15) is 24.0 Å². The number of thiophene rings is 1. The van der Waals surface area contributed by atoms with Gasteiger partial charge in [-0.1, -0.05) is 18.2 Å². The van der Waals surface area contributed by atoms with E-state index in [1.54, 1.807) is 17.4 Å². The number of halogens is 3. The third-order valence-corrected chi connectivity index (χ3v) is 6.13. The van der Waals surface area contributed by atoms with Gasteiger partial charge in [0.1, 0.15) is 0 Å². The molecule has 28 heavy (non-hydrogen) atoms. The summed E-state index contributed by atoms with van der Waals surface area (Å²) in [6.07, 6.45) is -3.79. The Morgan fingerprint density at radius 1 is 1.07 bits per heavy atom. The number of fused-ring (bicyclic) bond motifs is 1. The molecule has 7 heteroatoms. The second-order valence-corrected chi connectivity index (χ2v) is 7.85. The molecule has 0 bridgehead atoms. The van der Waals surface area contributed by atoms with Crippen molar-refractivity contribution in [1.82, 2.24) is 0 Å². The van der Waals surface area contributed by atoms with Crippen LogP contribution in [0.15, 0.2) is 53.9 Å². The summed E-state index contributed by atoms with van der Waals surface area (Å²) in [5.74, 6) is -0.301. The summed E-state index contributed by atoms with van der Waals surface area (Å²) in [5, 5.41) is 5.91. The standard InChI is InChI=1S/C21H18F3NO2S/c22-21(23,24)16-3-1-2-15(13-16)20(7-9-27-10-8-20)19(26)25-17-4-5-18-14(12-17)6-11-28-18/h1-6,11-13H,7-10H2,(H,25,26). The van der Waals surface area contributed by atoms with E-state index in [1.165, 1.54) is 6.07 Å². The minimum absolute atomic E-state index is 0.301. The van der Waals surface area contributed by atoms with Crippen molar-refractivity contribution >= 4 is 33.0 Å². The van der Waals surface area contributed by atoms with Gasteiger partial charge in [-0.2, -0.15) is 13.2 Å². The molecule has 3 nitrogen and oxygen atoms in total. The number of carbonyl (C=O) groups excluding carboxylic acids is 1. The highest BCUT2D eigenvalue weighted by molar-refractivity contribution is 7.17. The van der Waals surface area contributed by atoms with Crippen molar-refractivity contribution in [2.75, 3.05) is 18.5 Å². The molecule has 0 unspecified atom stereocenters. The quantitative estimate of drug-likeness (QED) is 0.615. The van der Waals surface area contributed by atoms with E-state index in [2.05, 4.69) is 5.32 Å². The number of rotatable bonds is 3. The zero-order valence-electron chi connectivity index (χ0n) is 14.9. The van der Waals surface area contributed by atoms with Crippen molar-refractivity contribution in [3.8, 4) is 0 Å². The highest BCUT2D eigenvalue weighted by Gasteiger charge is 2.43. The summed E-state index contributed by atoms with van der Waals surface area (Å²) in [7, 11) is 0. The summed E-state index contributed by atoms with van der Waals surface area (Å²) in [6.45, 7) is 0.653. The Morgan fingerprint density at radius 2 is 1.86 bits per heavy atom. The minimum Gasteiger partial charge on any atom is -0.381 e. The number of anilines is 1. The van der Waals surface area contributed by atoms with Gasteiger partial charge in [-0.25, -0.2) is 0 Å². The SMILES string of the molecule is O=C(Nc1ccc2sccc2c1)C1(c2cccc(C(F)(F)F)c2)CCOCC1. The van der Waals surface area contributed by atoms with Gasteiger partial charge in [0.05, 0.1) is 11.0 Å². The molecule has 4 rings (SSSR count). The van der Waals surface area contributed by atoms with Gasteiger partial charge in [0.25, 0.3) is 0 Å². The smallest absolute Gasteiger partial charge is 0.381 e. The van der Waals surface area contributed by atoms with Crippen molar-refractivity contribution in [2.45, 2.75) is 24.4 Å². The van der Waals surface area contributed by atoms with Crippen LogP contribution in [0.5, 0.6) is 0 Å². The zero-order valence-corrected chi connectivity index (χ0v) is 15.7. The fourth-order valence-corrected chi connectivity index (χ4v) is 4.43. The average Bonchev–Trinajstić information content (AvgIpc) is 3.16. The molecule has 0 radical (unpaired) electrons. The molecular formula is C21H18F3NO2S. The third kappa shape index (κ3) is 3.52. The van der Waals surface area contributed by atoms with Crippen molar-refractivity contribution in [3.05, 3.63) is 65.0 Å². The number of alkyl halides is 3. The molecule has 1 aromatic heterocycles. The number of nitrogens with one attached hydrogen (secondary N) is 1. The topological polar surface area (TPSA) is 38.3 Å². The second kappa shape index (κ2) is 7.22. The Bertz CT molecular complexity index is 1010. The van der Waals surface area contributed by atoms with E-state index < -0.39 is 17.2 Å². The predicted molar refractivity (Wildman–Crippen MR) is 104 cm³/mol. The average molecular weight is 405 g/mol. The van der Waals surface area contributed by atoms with Crippen LogP contribution in [0.2, 0.25) is 0 Å². The summed E-state index contributed by atoms with van der Waals surface area (Å²) in [5.41, 5.74) is -0.792. The van der Waals surface area contributed by atoms with Crippen LogP contribution in [-0.2, 0) is 21.1 Å². The highest BCUT2D eigenvalue weighted by Crippen LogP contribution is 2.39. The lowest BCUT2D eigenvalue weighted by atomic mass is 9.73. The second-order valence-electron chi connectivity index (χ2n) is 6.90. The van der Waals surface area contributed by atoms with Gasteiger partial charge in [0, 0.05) is 23.6 Å². The molecule has 146 valence electrons. The molecule has 0 atom stereocenters. The molecule has 2 heterocycles. The maximum absolute atomic E-state index is 13.3. The number of carbonyl (C=O) groups is 1. The van der Waals surface area contributed by atoms with Gasteiger partial charge >= 0.3 is 6.18 Å². The molecule has 0 aliphatic carbocycles. The van der Waals surface area contributed by atoms with Gasteiger partial charge in [-0.15, -0.1) is 11.3 Å². The van der Waals surface area contributed by atoms with Crippen LogP contribution < -0.4 is 5.32 Å².